The summed E-state index contributed by atoms with van der Waals surface area (Å²) in [6, 6.07) is 8.22. The van der Waals surface area contributed by atoms with Gasteiger partial charge in [-0.15, -0.1) is 0 Å². The van der Waals surface area contributed by atoms with Gasteiger partial charge in [0.25, 0.3) is 11.6 Å². The van der Waals surface area contributed by atoms with Crippen molar-refractivity contribution in [2.24, 2.45) is 0 Å². The minimum atomic E-state index is -0.591. The molecule has 0 fully saturated rings. The van der Waals surface area contributed by atoms with Gasteiger partial charge in [-0.3, -0.25) is 14.9 Å². The standard InChI is InChI=1S/C16H13BrClFN2O4/c1-20(8-10-6-12(21(23)24)3-4-13(10)18)16(22)9-25-15-5-2-11(17)7-14(15)19/h2-7H,8-9H2,1H3. The van der Waals surface area contributed by atoms with Crippen LogP contribution in [0.25, 0.3) is 0 Å². The van der Waals surface area contributed by atoms with Gasteiger partial charge in [0.2, 0.25) is 0 Å². The van der Waals surface area contributed by atoms with Crippen LogP contribution < -0.4 is 4.74 Å². The third kappa shape index (κ3) is 5.14. The van der Waals surface area contributed by atoms with Gasteiger partial charge in [-0.05, 0) is 29.8 Å². The van der Waals surface area contributed by atoms with Gasteiger partial charge in [-0.25, -0.2) is 4.39 Å². The maximum Gasteiger partial charge on any atom is 0.269 e. The van der Waals surface area contributed by atoms with Crippen LogP contribution in [0, 0.1) is 15.9 Å². The number of amides is 1. The highest BCUT2D eigenvalue weighted by Gasteiger charge is 2.16. The average molecular weight is 432 g/mol. The Kier molecular flexibility index (Phi) is 6.33. The van der Waals surface area contributed by atoms with Crippen molar-refractivity contribution in [2.75, 3.05) is 13.7 Å². The number of rotatable bonds is 6. The van der Waals surface area contributed by atoms with Crippen molar-refractivity contribution in [3.05, 3.63) is 67.4 Å². The van der Waals surface area contributed by atoms with Crippen LogP contribution in [-0.2, 0) is 11.3 Å². The summed E-state index contributed by atoms with van der Waals surface area (Å²) in [6.07, 6.45) is 0. The molecule has 6 nitrogen and oxygen atoms in total. The lowest BCUT2D eigenvalue weighted by Gasteiger charge is -2.18. The van der Waals surface area contributed by atoms with E-state index in [0.717, 1.165) is 0 Å². The number of ether oxygens (including phenoxy) is 1. The molecule has 1 amide bonds. The van der Waals surface area contributed by atoms with Crippen LogP contribution in [0.1, 0.15) is 5.56 Å². The molecule has 0 spiro atoms. The summed E-state index contributed by atoms with van der Waals surface area (Å²) >= 11 is 9.14. The summed E-state index contributed by atoms with van der Waals surface area (Å²) in [5, 5.41) is 11.1. The number of nitrogens with zero attached hydrogens (tertiary/aromatic N) is 2. The van der Waals surface area contributed by atoms with Crippen LogP contribution in [0.3, 0.4) is 0 Å². The second kappa shape index (κ2) is 8.26. The summed E-state index contributed by atoms with van der Waals surface area (Å²) in [4.78, 5) is 23.7. The first kappa shape index (κ1) is 19.1. The van der Waals surface area contributed by atoms with Gasteiger partial charge in [0.05, 0.1) is 4.92 Å². The maximum atomic E-state index is 13.7. The first-order chi connectivity index (χ1) is 11.8. The minimum absolute atomic E-state index is 0.0432. The van der Waals surface area contributed by atoms with E-state index in [0.29, 0.717) is 15.1 Å². The monoisotopic (exact) mass is 430 g/mol. The lowest BCUT2D eigenvalue weighted by Crippen LogP contribution is -2.31. The molecule has 0 aliphatic rings. The topological polar surface area (TPSA) is 72.7 Å². The SMILES string of the molecule is CN(Cc1cc([N+](=O)[O-])ccc1Cl)C(=O)COc1ccc(Br)cc1F. The van der Waals surface area contributed by atoms with Crippen molar-refractivity contribution in [1.29, 1.82) is 0 Å². The number of hydrogen-bond acceptors (Lipinski definition) is 4. The number of nitro groups is 1. The molecule has 25 heavy (non-hydrogen) atoms. The van der Waals surface area contributed by atoms with E-state index in [1.807, 2.05) is 0 Å². The van der Waals surface area contributed by atoms with Crippen molar-refractivity contribution in [3.63, 3.8) is 0 Å². The summed E-state index contributed by atoms with van der Waals surface area (Å²) in [5.74, 6) is -1.06. The average Bonchev–Trinajstić information content (AvgIpc) is 2.55. The lowest BCUT2D eigenvalue weighted by atomic mass is 10.2. The molecule has 0 aliphatic carbocycles. The Morgan fingerprint density at radius 3 is 2.72 bits per heavy atom. The van der Waals surface area contributed by atoms with Crippen LogP contribution in [0.5, 0.6) is 5.75 Å². The number of carbonyl (C=O) groups excluding carboxylic acids is 1. The third-order valence-corrected chi connectivity index (χ3v) is 4.18. The van der Waals surface area contributed by atoms with E-state index in [2.05, 4.69) is 15.9 Å². The Morgan fingerprint density at radius 1 is 1.36 bits per heavy atom. The fourth-order valence-corrected chi connectivity index (χ4v) is 2.49. The Bertz CT molecular complexity index is 819. The van der Waals surface area contributed by atoms with E-state index in [1.165, 1.54) is 42.3 Å². The van der Waals surface area contributed by atoms with Crippen LogP contribution in [-0.4, -0.2) is 29.4 Å². The molecule has 0 N–H and O–H groups in total. The highest BCUT2D eigenvalue weighted by Crippen LogP contribution is 2.24. The predicted octanol–water partition coefficient (Wildman–Crippen LogP) is 4.19. The van der Waals surface area contributed by atoms with E-state index in [9.17, 15) is 19.3 Å². The van der Waals surface area contributed by atoms with Crippen LogP contribution in [0.2, 0.25) is 5.02 Å². The highest BCUT2D eigenvalue weighted by molar-refractivity contribution is 9.10. The molecular formula is C16H13BrClFN2O4. The van der Waals surface area contributed by atoms with Gasteiger partial charge in [-0.2, -0.15) is 0 Å². The Hall–Kier alpha value is -2.19. The summed E-state index contributed by atoms with van der Waals surface area (Å²) in [7, 11) is 1.50. The molecule has 0 saturated carbocycles. The summed E-state index contributed by atoms with van der Waals surface area (Å²) < 4.78 is 19.4. The van der Waals surface area contributed by atoms with E-state index >= 15 is 0 Å². The minimum Gasteiger partial charge on any atom is -0.481 e. The van der Waals surface area contributed by atoms with Gasteiger partial charge in [0.1, 0.15) is 0 Å². The normalized spacial score (nSPS) is 10.4. The van der Waals surface area contributed by atoms with E-state index in [1.54, 1.807) is 6.07 Å². The molecule has 0 heterocycles. The van der Waals surface area contributed by atoms with Gasteiger partial charge in [0.15, 0.2) is 18.2 Å². The van der Waals surface area contributed by atoms with E-state index in [-0.39, 0.29) is 24.6 Å². The number of hydrogen-bond donors (Lipinski definition) is 0. The molecule has 132 valence electrons. The predicted molar refractivity (Wildman–Crippen MR) is 94.2 cm³/mol. The lowest BCUT2D eigenvalue weighted by molar-refractivity contribution is -0.384. The highest BCUT2D eigenvalue weighted by atomic mass is 79.9. The zero-order valence-corrected chi connectivity index (χ0v) is 15.4. The molecule has 0 radical (unpaired) electrons. The Labute approximate surface area is 156 Å². The zero-order valence-electron chi connectivity index (χ0n) is 13.0. The first-order valence-corrected chi connectivity index (χ1v) is 8.19. The van der Waals surface area contributed by atoms with Gasteiger partial charge >= 0.3 is 0 Å². The van der Waals surface area contributed by atoms with Crippen molar-refractivity contribution in [2.45, 2.75) is 6.54 Å². The molecule has 9 heteroatoms. The Morgan fingerprint density at radius 2 is 2.08 bits per heavy atom. The number of likely N-dealkylation sites (N-methyl/N-ethyl adjacent to an activating group) is 1. The van der Waals surface area contributed by atoms with E-state index < -0.39 is 16.6 Å². The zero-order chi connectivity index (χ0) is 18.6. The quantitative estimate of drug-likeness (QED) is 0.508. The molecule has 0 atom stereocenters. The second-order valence-electron chi connectivity index (χ2n) is 5.15. The maximum absolute atomic E-state index is 13.7. The second-order valence-corrected chi connectivity index (χ2v) is 6.47. The smallest absolute Gasteiger partial charge is 0.269 e. The van der Waals surface area contributed by atoms with Crippen molar-refractivity contribution >= 4 is 39.1 Å². The molecule has 0 bridgehead atoms. The largest absolute Gasteiger partial charge is 0.481 e. The number of nitro benzene ring substituents is 1. The van der Waals surface area contributed by atoms with Gasteiger partial charge in [-0.1, -0.05) is 27.5 Å². The number of halogens is 3. The molecule has 2 aromatic rings. The first-order valence-electron chi connectivity index (χ1n) is 7.02. The summed E-state index contributed by atoms with van der Waals surface area (Å²) in [5.41, 5.74) is 0.315. The number of benzene rings is 2. The van der Waals surface area contributed by atoms with Gasteiger partial charge < -0.3 is 9.64 Å². The molecule has 2 aromatic carbocycles. The molecule has 0 aromatic heterocycles. The molecule has 0 unspecified atom stereocenters. The van der Waals surface area contributed by atoms with Gasteiger partial charge in [0, 0.05) is 35.2 Å². The molecular weight excluding hydrogens is 419 g/mol. The Balaban J connectivity index is 2.00. The van der Waals surface area contributed by atoms with Crippen LogP contribution in [0.4, 0.5) is 10.1 Å². The molecule has 0 saturated heterocycles. The fourth-order valence-electron chi connectivity index (χ4n) is 1.98. The fraction of sp³-hybridized carbons (Fsp3) is 0.188. The molecule has 0 aliphatic heterocycles. The van der Waals surface area contributed by atoms with Crippen LogP contribution >= 0.6 is 27.5 Å². The van der Waals surface area contributed by atoms with Crippen molar-refractivity contribution in [3.8, 4) is 5.75 Å². The van der Waals surface area contributed by atoms with Crippen LogP contribution in [0.15, 0.2) is 40.9 Å². The van der Waals surface area contributed by atoms with Crippen molar-refractivity contribution < 1.29 is 18.8 Å². The van der Waals surface area contributed by atoms with Crippen molar-refractivity contribution in [1.82, 2.24) is 4.90 Å². The van der Waals surface area contributed by atoms with E-state index in [4.69, 9.17) is 16.3 Å². The number of non-ortho nitro benzene ring substituents is 1. The molecule has 2 rings (SSSR count). The summed E-state index contributed by atoms with van der Waals surface area (Å²) in [6.45, 7) is -0.312. The number of carbonyl (C=O) groups is 1. The third-order valence-electron chi connectivity index (χ3n) is 3.32.